The lowest BCUT2D eigenvalue weighted by Gasteiger charge is -2.00. The second-order valence-corrected chi connectivity index (χ2v) is 4.14. The van der Waals surface area contributed by atoms with E-state index in [2.05, 4.69) is 15.9 Å². The quantitative estimate of drug-likeness (QED) is 0.508. The lowest BCUT2D eigenvalue weighted by Crippen LogP contribution is -1.96. The van der Waals surface area contributed by atoms with Gasteiger partial charge in [0.15, 0.2) is 0 Å². The zero-order valence-corrected chi connectivity index (χ0v) is 8.99. The van der Waals surface area contributed by atoms with Crippen LogP contribution < -0.4 is 0 Å². The Bertz CT molecular complexity index is 356. The van der Waals surface area contributed by atoms with E-state index in [1.807, 2.05) is 0 Å². The van der Waals surface area contributed by atoms with Gasteiger partial charge in [0.25, 0.3) is 0 Å². The molecule has 1 rings (SSSR count). The highest BCUT2D eigenvalue weighted by molar-refractivity contribution is 9.08. The summed E-state index contributed by atoms with van der Waals surface area (Å²) in [6.07, 6.45) is 0. The van der Waals surface area contributed by atoms with Crippen LogP contribution in [0.15, 0.2) is 23.1 Å². The van der Waals surface area contributed by atoms with Crippen molar-refractivity contribution in [2.75, 3.05) is 0 Å². The summed E-state index contributed by atoms with van der Waals surface area (Å²) in [7, 11) is -1.66. The van der Waals surface area contributed by atoms with Crippen molar-refractivity contribution in [3.8, 4) is 0 Å². The summed E-state index contributed by atoms with van der Waals surface area (Å²) in [4.78, 5) is 0.0553. The van der Waals surface area contributed by atoms with Crippen molar-refractivity contribution in [2.24, 2.45) is 0 Å². The first kappa shape index (κ1) is 10.5. The van der Waals surface area contributed by atoms with Gasteiger partial charge < -0.3 is 0 Å². The summed E-state index contributed by atoms with van der Waals surface area (Å²) in [6, 6.07) is 4.42. The molecule has 0 amide bonds. The first-order valence-electron chi connectivity index (χ1n) is 3.44. The van der Waals surface area contributed by atoms with Gasteiger partial charge in [0.1, 0.15) is 5.82 Å². The van der Waals surface area contributed by atoms with Crippen LogP contribution >= 0.6 is 15.9 Å². The summed E-state index contributed by atoms with van der Waals surface area (Å²) in [5.41, 5.74) is 1.50. The van der Waals surface area contributed by atoms with Crippen LogP contribution in [0.2, 0.25) is 0 Å². The summed E-state index contributed by atoms with van der Waals surface area (Å²) >= 11 is 3.18. The molecule has 0 aliphatic rings. The van der Waals surface area contributed by atoms with Crippen LogP contribution in [0.25, 0.3) is 0 Å². The van der Waals surface area contributed by atoms with Crippen LogP contribution in [-0.4, -0.2) is 9.76 Å². The fourth-order valence-corrected chi connectivity index (χ4v) is 1.78. The molecule has 1 aromatic rings. The van der Waals surface area contributed by atoms with Gasteiger partial charge in [-0.15, -0.1) is 0 Å². The van der Waals surface area contributed by atoms with E-state index in [9.17, 15) is 8.60 Å². The molecule has 13 heavy (non-hydrogen) atoms. The van der Waals surface area contributed by atoms with Gasteiger partial charge in [0, 0.05) is 5.33 Å². The van der Waals surface area contributed by atoms with E-state index in [-0.39, 0.29) is 4.90 Å². The molecular formula is C8H7BrFNOS. The normalized spacial score (nSPS) is 12.5. The maximum atomic E-state index is 13.2. The SMILES string of the molecule is N=CS(=O)c1ccc(CBr)cc1F. The van der Waals surface area contributed by atoms with Crippen molar-refractivity contribution in [3.63, 3.8) is 0 Å². The Morgan fingerprint density at radius 2 is 2.31 bits per heavy atom. The van der Waals surface area contributed by atoms with Crippen LogP contribution in [0.1, 0.15) is 5.56 Å². The lowest BCUT2D eigenvalue weighted by molar-refractivity contribution is 0.595. The molecular weight excluding hydrogens is 257 g/mol. The van der Waals surface area contributed by atoms with Gasteiger partial charge in [-0.05, 0) is 17.7 Å². The van der Waals surface area contributed by atoms with Crippen LogP contribution in [0.4, 0.5) is 4.39 Å². The van der Waals surface area contributed by atoms with E-state index in [0.717, 1.165) is 5.56 Å². The number of nitrogens with one attached hydrogen (secondary N) is 1. The molecule has 2 nitrogen and oxygen atoms in total. The number of halogens is 2. The Kier molecular flexibility index (Phi) is 3.74. The molecule has 0 heterocycles. The molecule has 0 spiro atoms. The van der Waals surface area contributed by atoms with E-state index in [1.165, 1.54) is 12.1 Å². The molecule has 0 radical (unpaired) electrons. The molecule has 0 aliphatic heterocycles. The van der Waals surface area contributed by atoms with Crippen molar-refractivity contribution < 1.29 is 8.60 Å². The highest BCUT2D eigenvalue weighted by Crippen LogP contribution is 2.15. The predicted molar refractivity (Wildman–Crippen MR) is 54.2 cm³/mol. The standard InChI is InChI=1S/C8H7BrFNOS/c9-4-6-1-2-8(7(10)3-6)13(12)5-11/h1-3,5,11H,4H2. The second kappa shape index (κ2) is 4.62. The maximum absolute atomic E-state index is 13.2. The Balaban J connectivity index is 3.12. The molecule has 0 aliphatic carbocycles. The molecule has 0 aromatic heterocycles. The summed E-state index contributed by atoms with van der Waals surface area (Å²) in [6.45, 7) is 0. The maximum Gasteiger partial charge on any atom is 0.140 e. The minimum Gasteiger partial charge on any atom is -0.299 e. The van der Waals surface area contributed by atoms with Crippen LogP contribution in [0.5, 0.6) is 0 Å². The summed E-state index contributed by atoms with van der Waals surface area (Å²) in [5.74, 6) is -0.529. The van der Waals surface area contributed by atoms with Crippen molar-refractivity contribution in [3.05, 3.63) is 29.6 Å². The molecule has 1 N–H and O–H groups in total. The molecule has 0 saturated heterocycles. The smallest absolute Gasteiger partial charge is 0.140 e. The van der Waals surface area contributed by atoms with Crippen molar-refractivity contribution >= 4 is 32.3 Å². The number of benzene rings is 1. The van der Waals surface area contributed by atoms with Gasteiger partial charge in [-0.25, -0.2) is 8.60 Å². The van der Waals surface area contributed by atoms with E-state index in [4.69, 9.17) is 5.41 Å². The Labute approximate surface area is 86.3 Å². The van der Waals surface area contributed by atoms with Gasteiger partial charge in [0.05, 0.1) is 21.2 Å². The van der Waals surface area contributed by atoms with Gasteiger partial charge in [-0.3, -0.25) is 5.41 Å². The van der Waals surface area contributed by atoms with Crippen LogP contribution in [-0.2, 0) is 16.1 Å². The largest absolute Gasteiger partial charge is 0.299 e. The minimum absolute atomic E-state index is 0.0553. The third-order valence-corrected chi connectivity index (χ3v) is 3.10. The van der Waals surface area contributed by atoms with Gasteiger partial charge in [-0.2, -0.15) is 0 Å². The summed E-state index contributed by atoms with van der Waals surface area (Å²) in [5, 5.41) is 7.30. The number of hydrogen-bond acceptors (Lipinski definition) is 2. The molecule has 70 valence electrons. The van der Waals surface area contributed by atoms with Crippen LogP contribution in [0.3, 0.4) is 0 Å². The van der Waals surface area contributed by atoms with E-state index < -0.39 is 16.6 Å². The van der Waals surface area contributed by atoms with E-state index >= 15 is 0 Å². The van der Waals surface area contributed by atoms with Crippen molar-refractivity contribution in [2.45, 2.75) is 10.2 Å². The topological polar surface area (TPSA) is 40.9 Å². The number of alkyl halides is 1. The molecule has 0 saturated carbocycles. The fraction of sp³-hybridized carbons (Fsp3) is 0.125. The lowest BCUT2D eigenvalue weighted by atomic mass is 10.2. The van der Waals surface area contributed by atoms with E-state index in [1.54, 1.807) is 6.07 Å². The molecule has 1 unspecified atom stereocenters. The highest BCUT2D eigenvalue weighted by atomic mass is 79.9. The first-order chi connectivity index (χ1) is 6.19. The van der Waals surface area contributed by atoms with Gasteiger partial charge in [0.2, 0.25) is 0 Å². The molecule has 1 aromatic carbocycles. The van der Waals surface area contributed by atoms with Gasteiger partial charge in [-0.1, -0.05) is 22.0 Å². The Morgan fingerprint density at radius 3 is 2.77 bits per heavy atom. The Hall–Kier alpha value is -0.550. The fourth-order valence-electron chi connectivity index (χ4n) is 0.854. The summed E-state index contributed by atoms with van der Waals surface area (Å²) < 4.78 is 24.2. The average Bonchev–Trinajstić information content (AvgIpc) is 2.16. The zero-order chi connectivity index (χ0) is 9.84. The molecule has 0 bridgehead atoms. The number of rotatable bonds is 3. The second-order valence-electron chi connectivity index (χ2n) is 2.31. The van der Waals surface area contributed by atoms with Crippen molar-refractivity contribution in [1.29, 1.82) is 5.41 Å². The molecule has 5 heteroatoms. The Morgan fingerprint density at radius 1 is 1.62 bits per heavy atom. The predicted octanol–water partition coefficient (Wildman–Crippen LogP) is 2.44. The average molecular weight is 264 g/mol. The first-order valence-corrected chi connectivity index (χ1v) is 5.78. The minimum atomic E-state index is -1.66. The van der Waals surface area contributed by atoms with E-state index in [0.29, 0.717) is 10.9 Å². The van der Waals surface area contributed by atoms with Crippen LogP contribution in [0, 0.1) is 11.2 Å². The molecule has 1 atom stereocenters. The monoisotopic (exact) mass is 263 g/mol. The van der Waals surface area contributed by atoms with Crippen molar-refractivity contribution in [1.82, 2.24) is 0 Å². The third-order valence-electron chi connectivity index (χ3n) is 1.47. The van der Waals surface area contributed by atoms with Gasteiger partial charge >= 0.3 is 0 Å². The molecule has 0 fully saturated rings. The zero-order valence-electron chi connectivity index (χ0n) is 6.59. The number of hydrogen-bond donors (Lipinski definition) is 1. The third kappa shape index (κ3) is 2.45. The highest BCUT2D eigenvalue weighted by Gasteiger charge is 2.07.